The number of hydrogen-bond acceptors (Lipinski definition) is 30. The molecule has 0 bridgehead atoms. The lowest BCUT2D eigenvalue weighted by atomic mass is 9.34. The molecule has 17 N–H and O–H groups in total. The quantitative estimate of drug-likeness (QED) is 0.0400. The molecule has 6 heterocycles. The van der Waals surface area contributed by atoms with Crippen LogP contribution in [0.15, 0.2) is 11.6 Å². The van der Waals surface area contributed by atoms with E-state index in [1.54, 1.807) is 0 Å². The first kappa shape index (κ1) is 74.3. The average molecular weight is 1370 g/mol. The number of aliphatic hydroxyl groups excluding tert-OH is 17. The number of esters is 1. The van der Waals surface area contributed by atoms with Crippen molar-refractivity contribution in [1.82, 2.24) is 0 Å². The molecule has 0 radical (unpaired) electrons. The first-order valence-corrected chi connectivity index (χ1v) is 34.1. The number of allylic oxidation sites excluding steroid dienone is 2. The molecule has 38 atom stereocenters. The normalized spacial score (nSPS) is 54.7. The lowest BCUT2D eigenvalue weighted by Crippen LogP contribution is -2.66. The highest BCUT2D eigenvalue weighted by Gasteiger charge is 2.71. The molecule has 546 valence electrons. The summed E-state index contributed by atoms with van der Waals surface area (Å²) in [6, 6.07) is 0. The van der Waals surface area contributed by atoms with Crippen molar-refractivity contribution in [1.29, 1.82) is 0 Å². The van der Waals surface area contributed by atoms with Crippen molar-refractivity contribution >= 4 is 5.97 Å². The fourth-order valence-corrected chi connectivity index (χ4v) is 19.3. The van der Waals surface area contributed by atoms with Crippen molar-refractivity contribution in [3.8, 4) is 0 Å². The molecule has 4 saturated carbocycles. The molecular weight excluding hydrogens is 1260 g/mol. The van der Waals surface area contributed by atoms with E-state index in [2.05, 4.69) is 54.5 Å². The fraction of sp³-hybridized carbons (Fsp3) is 0.954. The van der Waals surface area contributed by atoms with E-state index in [1.165, 1.54) is 19.4 Å². The molecule has 30 nitrogen and oxygen atoms in total. The molecule has 0 amide bonds. The molecule has 10 fully saturated rings. The van der Waals surface area contributed by atoms with Gasteiger partial charge in [-0.25, -0.2) is 0 Å². The highest BCUT2D eigenvalue weighted by molar-refractivity contribution is 5.79. The lowest BCUT2D eigenvalue weighted by molar-refractivity contribution is -0.382. The van der Waals surface area contributed by atoms with Crippen LogP contribution in [0.1, 0.15) is 120 Å². The third kappa shape index (κ3) is 12.6. The van der Waals surface area contributed by atoms with Gasteiger partial charge < -0.3 is 144 Å². The second kappa shape index (κ2) is 28.0. The zero-order chi connectivity index (χ0) is 69.2. The van der Waals surface area contributed by atoms with E-state index in [-0.39, 0.29) is 52.4 Å². The molecule has 11 aliphatic rings. The van der Waals surface area contributed by atoms with Crippen LogP contribution in [-0.2, 0) is 61.6 Å². The second-order valence-corrected chi connectivity index (χ2v) is 31.0. The maximum atomic E-state index is 15.3. The molecule has 0 aromatic heterocycles. The molecular formula is C65H106O30. The summed E-state index contributed by atoms with van der Waals surface area (Å²) in [5, 5.41) is 184. The number of rotatable bonds is 16. The van der Waals surface area contributed by atoms with Crippen LogP contribution in [0.25, 0.3) is 0 Å². The van der Waals surface area contributed by atoms with Gasteiger partial charge in [0.2, 0.25) is 6.29 Å². The Morgan fingerprint density at radius 2 is 1.07 bits per heavy atom. The van der Waals surface area contributed by atoms with Crippen LogP contribution in [0, 0.1) is 56.7 Å². The summed E-state index contributed by atoms with van der Waals surface area (Å²) in [6.45, 7) is 16.2. The number of hydrogen-bond donors (Lipinski definition) is 17. The minimum absolute atomic E-state index is 0.0646. The predicted molar refractivity (Wildman–Crippen MR) is 319 cm³/mol. The van der Waals surface area contributed by atoms with Crippen LogP contribution in [0.2, 0.25) is 0 Å². The van der Waals surface area contributed by atoms with Crippen molar-refractivity contribution in [2.45, 2.75) is 304 Å². The summed E-state index contributed by atoms with van der Waals surface area (Å²) in [5.41, 5.74) is -1.26. The van der Waals surface area contributed by atoms with Crippen molar-refractivity contribution in [3.63, 3.8) is 0 Å². The van der Waals surface area contributed by atoms with Gasteiger partial charge in [0.15, 0.2) is 31.5 Å². The summed E-state index contributed by atoms with van der Waals surface area (Å²) in [5.74, 6) is -0.395. The van der Waals surface area contributed by atoms with Gasteiger partial charge >= 0.3 is 5.97 Å². The topological polar surface area (TPSA) is 472 Å². The summed E-state index contributed by atoms with van der Waals surface area (Å²) in [4.78, 5) is 15.3. The van der Waals surface area contributed by atoms with Gasteiger partial charge in [0, 0.05) is 0 Å². The molecule has 30 heteroatoms. The minimum Gasteiger partial charge on any atom is -0.432 e. The summed E-state index contributed by atoms with van der Waals surface area (Å²) in [7, 11) is 0. The zero-order valence-corrected chi connectivity index (χ0v) is 55.4. The lowest BCUT2D eigenvalue weighted by Gasteiger charge is -2.70. The Hall–Kier alpha value is -1.91. The van der Waals surface area contributed by atoms with E-state index in [0.29, 0.717) is 32.1 Å². The van der Waals surface area contributed by atoms with Gasteiger partial charge in [-0.3, -0.25) is 4.79 Å². The van der Waals surface area contributed by atoms with Crippen LogP contribution in [-0.4, -0.2) is 303 Å². The Morgan fingerprint density at radius 1 is 0.516 bits per heavy atom. The van der Waals surface area contributed by atoms with Crippen LogP contribution in [0.4, 0.5) is 0 Å². The number of fused-ring (bicyclic) bond motifs is 7. The monoisotopic (exact) mass is 1370 g/mol. The molecule has 0 spiro atoms. The van der Waals surface area contributed by atoms with Crippen LogP contribution < -0.4 is 0 Å². The van der Waals surface area contributed by atoms with Crippen molar-refractivity contribution < 1.29 is 148 Å². The Kier molecular flexibility index (Phi) is 21.9. The van der Waals surface area contributed by atoms with Crippen LogP contribution in [0.5, 0.6) is 0 Å². The molecule has 0 aromatic carbocycles. The van der Waals surface area contributed by atoms with E-state index in [9.17, 15) is 86.8 Å². The number of carbonyl (C=O) groups excluding carboxylic acids is 1. The van der Waals surface area contributed by atoms with Gasteiger partial charge in [0.1, 0.15) is 128 Å². The minimum atomic E-state index is -1.91. The van der Waals surface area contributed by atoms with E-state index in [0.717, 1.165) is 25.7 Å². The first-order chi connectivity index (χ1) is 44.6. The summed E-state index contributed by atoms with van der Waals surface area (Å²) < 4.78 is 71.6. The molecule has 38 unspecified atom stereocenters. The Morgan fingerprint density at radius 3 is 1.73 bits per heavy atom. The SMILES string of the molecule is CC(C)C1CCC2(C(=O)OC3OC(COC4OC(CO)C(OC5OC(C)C(O)C(O)C5O)C(O)C4O)C(O)C(O)C3O)CCC3(C)C(=CCC4C5(C)CCC(OC6OCC(O)C(O)C6OC6OC(C)C(O)C(OC7OC(CO)C(O)C(O)C7O)C6O)C(C)(C)C5CCC43C)C12. The van der Waals surface area contributed by atoms with Gasteiger partial charge in [-0.1, -0.05) is 60.1 Å². The van der Waals surface area contributed by atoms with E-state index in [4.69, 9.17) is 56.8 Å². The first-order valence-electron chi connectivity index (χ1n) is 34.1. The standard InChI is InChI=1S/C65H106O30/c1-24(2)27-12-17-65(60(83)95-57-48(80)44(76)41(73)32(90-57)23-85-54-49(81)45(77)51(31(21-67)89-54)92-55-46(78)42(74)37(69)25(3)86-55)19-18-63(8)28(36(27)65)10-11-34-62(7)15-14-35(61(5,6)33(62)13-16-64(34,63)9)91-59-53(39(71)29(68)22-84-59)94-58-50(82)52(38(70)26(4)87-58)93-56-47(79)43(75)40(72)30(20-66)88-56/h10,24-27,29-59,66-82H,11-23H2,1-9H3. The Bertz CT molecular complexity index is 2660. The predicted octanol–water partition coefficient (Wildman–Crippen LogP) is -3.84. The van der Waals surface area contributed by atoms with Crippen LogP contribution in [0.3, 0.4) is 0 Å². The van der Waals surface area contributed by atoms with Crippen molar-refractivity contribution in [3.05, 3.63) is 11.6 Å². The van der Waals surface area contributed by atoms with Gasteiger partial charge in [0.25, 0.3) is 0 Å². The van der Waals surface area contributed by atoms with E-state index >= 15 is 4.79 Å². The molecule has 6 aliphatic heterocycles. The second-order valence-electron chi connectivity index (χ2n) is 31.0. The fourth-order valence-electron chi connectivity index (χ4n) is 19.3. The smallest absolute Gasteiger partial charge is 0.315 e. The molecule has 11 rings (SSSR count). The summed E-state index contributed by atoms with van der Waals surface area (Å²) >= 11 is 0. The van der Waals surface area contributed by atoms with E-state index < -0.39 is 221 Å². The number of carbonyl (C=O) groups is 1. The highest BCUT2D eigenvalue weighted by atomic mass is 16.8. The van der Waals surface area contributed by atoms with Crippen molar-refractivity contribution in [2.24, 2.45) is 56.7 Å². The maximum Gasteiger partial charge on any atom is 0.315 e. The third-order valence-corrected chi connectivity index (χ3v) is 25.3. The zero-order valence-electron chi connectivity index (χ0n) is 55.4. The maximum absolute atomic E-state index is 15.3. The van der Waals surface area contributed by atoms with E-state index in [1.807, 2.05) is 0 Å². The molecule has 95 heavy (non-hydrogen) atoms. The van der Waals surface area contributed by atoms with Crippen LogP contribution >= 0.6 is 0 Å². The Labute approximate surface area is 551 Å². The van der Waals surface area contributed by atoms with Crippen molar-refractivity contribution in [2.75, 3.05) is 26.4 Å². The van der Waals surface area contributed by atoms with Gasteiger partial charge in [-0.2, -0.15) is 0 Å². The molecule has 6 saturated heterocycles. The van der Waals surface area contributed by atoms with Gasteiger partial charge in [0.05, 0.1) is 50.2 Å². The molecule has 0 aromatic rings. The van der Waals surface area contributed by atoms with Gasteiger partial charge in [-0.05, 0) is 123 Å². The highest BCUT2D eigenvalue weighted by Crippen LogP contribution is 2.77. The average Bonchev–Trinajstić information content (AvgIpc) is 1.63. The summed E-state index contributed by atoms with van der Waals surface area (Å²) in [6.07, 6.45) is -39.0. The number of ether oxygens (including phenoxy) is 12. The number of aliphatic hydroxyl groups is 17. The third-order valence-electron chi connectivity index (χ3n) is 25.3. The Balaban J connectivity index is 0.763. The largest absolute Gasteiger partial charge is 0.432 e. The van der Waals surface area contributed by atoms with Gasteiger partial charge in [-0.15, -0.1) is 0 Å². The molecule has 5 aliphatic carbocycles.